The van der Waals surface area contributed by atoms with Crippen LogP contribution in [0.25, 0.3) is 0 Å². The van der Waals surface area contributed by atoms with Crippen molar-refractivity contribution >= 4 is 35.0 Å². The van der Waals surface area contributed by atoms with Gasteiger partial charge in [-0.25, -0.2) is 14.8 Å². The molecule has 2 heterocycles. The topological polar surface area (TPSA) is 120 Å². The van der Waals surface area contributed by atoms with Gasteiger partial charge < -0.3 is 19.9 Å². The zero-order valence-electron chi connectivity index (χ0n) is 18.3. The highest BCUT2D eigenvalue weighted by Gasteiger charge is 2.33. The number of amides is 2. The normalized spacial score (nSPS) is 13.2. The van der Waals surface area contributed by atoms with Crippen LogP contribution in [0.3, 0.4) is 0 Å². The van der Waals surface area contributed by atoms with Crippen LogP contribution >= 0.6 is 0 Å². The van der Waals surface area contributed by atoms with Crippen LogP contribution in [0.5, 0.6) is 5.75 Å². The minimum Gasteiger partial charge on any atom is -0.491 e. The molecule has 0 fully saturated rings. The van der Waals surface area contributed by atoms with Gasteiger partial charge in [0.2, 0.25) is 5.91 Å². The largest absolute Gasteiger partial charge is 0.491 e. The van der Waals surface area contributed by atoms with Gasteiger partial charge in [-0.05, 0) is 26.8 Å². The Bertz CT molecular complexity index is 989. The van der Waals surface area contributed by atoms with Gasteiger partial charge in [0.25, 0.3) is 0 Å². The fourth-order valence-electron chi connectivity index (χ4n) is 3.05. The molecule has 0 saturated heterocycles. The zero-order chi connectivity index (χ0) is 22.8. The number of fused-ring (bicyclic) bond motifs is 1. The van der Waals surface area contributed by atoms with Gasteiger partial charge in [-0.1, -0.05) is 0 Å². The molecule has 0 aliphatic carbocycles. The lowest BCUT2D eigenvalue weighted by Crippen LogP contribution is -2.34. The molecule has 0 unspecified atom stereocenters. The first-order valence-corrected chi connectivity index (χ1v) is 9.76. The van der Waals surface area contributed by atoms with E-state index < -0.39 is 11.7 Å². The van der Waals surface area contributed by atoms with E-state index in [1.165, 1.54) is 16.1 Å². The van der Waals surface area contributed by atoms with E-state index in [4.69, 9.17) is 19.9 Å². The second kappa shape index (κ2) is 8.76. The van der Waals surface area contributed by atoms with E-state index in [9.17, 15) is 9.59 Å². The number of carbonyl (C=O) groups excluding carboxylic acids is 2. The van der Waals surface area contributed by atoms with Crippen LogP contribution in [-0.2, 0) is 20.7 Å². The summed E-state index contributed by atoms with van der Waals surface area (Å²) in [5.41, 5.74) is 6.82. The summed E-state index contributed by atoms with van der Waals surface area (Å²) in [6.07, 6.45) is 0.868. The molecule has 3 rings (SSSR count). The number of ether oxygens (including phenoxy) is 3. The number of anilines is 4. The summed E-state index contributed by atoms with van der Waals surface area (Å²) in [5, 5.41) is 0. The number of methoxy groups -OCH3 is 1. The highest BCUT2D eigenvalue weighted by Crippen LogP contribution is 2.39. The molecule has 1 aromatic heterocycles. The zero-order valence-corrected chi connectivity index (χ0v) is 18.3. The molecular weight excluding hydrogens is 402 g/mol. The van der Waals surface area contributed by atoms with Crippen molar-refractivity contribution in [2.24, 2.45) is 0 Å². The van der Waals surface area contributed by atoms with Gasteiger partial charge >= 0.3 is 6.09 Å². The van der Waals surface area contributed by atoms with Crippen molar-refractivity contribution in [2.45, 2.75) is 32.8 Å². The van der Waals surface area contributed by atoms with Crippen molar-refractivity contribution in [3.05, 3.63) is 30.1 Å². The summed E-state index contributed by atoms with van der Waals surface area (Å²) >= 11 is 0. The highest BCUT2D eigenvalue weighted by atomic mass is 16.6. The Labute approximate surface area is 180 Å². The molecule has 166 valence electrons. The lowest BCUT2D eigenvalue weighted by molar-refractivity contribution is -0.116. The van der Waals surface area contributed by atoms with E-state index in [2.05, 4.69) is 9.97 Å². The first-order chi connectivity index (χ1) is 14.6. The highest BCUT2D eigenvalue weighted by molar-refractivity contribution is 6.08. The third kappa shape index (κ3) is 5.02. The average Bonchev–Trinajstić information content (AvgIpc) is 3.03. The molecule has 31 heavy (non-hydrogen) atoms. The Hall–Kier alpha value is -3.40. The third-order valence-corrected chi connectivity index (χ3v) is 4.49. The van der Waals surface area contributed by atoms with Crippen molar-refractivity contribution in [1.29, 1.82) is 0 Å². The van der Waals surface area contributed by atoms with Crippen molar-refractivity contribution in [3.8, 4) is 5.75 Å². The number of rotatable bonds is 6. The van der Waals surface area contributed by atoms with E-state index in [1.54, 1.807) is 53.1 Å². The summed E-state index contributed by atoms with van der Waals surface area (Å²) in [4.78, 5) is 36.4. The summed E-state index contributed by atoms with van der Waals surface area (Å²) < 4.78 is 16.3. The molecule has 2 N–H and O–H groups in total. The van der Waals surface area contributed by atoms with Gasteiger partial charge in [0.1, 0.15) is 35.9 Å². The Morgan fingerprint density at radius 3 is 2.65 bits per heavy atom. The van der Waals surface area contributed by atoms with E-state index in [0.717, 1.165) is 0 Å². The van der Waals surface area contributed by atoms with Gasteiger partial charge in [0.05, 0.1) is 24.4 Å². The van der Waals surface area contributed by atoms with Crippen LogP contribution in [-0.4, -0.2) is 54.9 Å². The quantitative estimate of drug-likeness (QED) is 0.696. The van der Waals surface area contributed by atoms with Gasteiger partial charge in [0, 0.05) is 31.9 Å². The fourth-order valence-corrected chi connectivity index (χ4v) is 3.05. The van der Waals surface area contributed by atoms with Gasteiger partial charge in [0.15, 0.2) is 0 Å². The molecule has 10 heteroatoms. The predicted molar refractivity (Wildman–Crippen MR) is 116 cm³/mol. The minimum atomic E-state index is -0.654. The molecule has 10 nitrogen and oxygen atoms in total. The maximum Gasteiger partial charge on any atom is 0.414 e. The molecule has 0 atom stereocenters. The van der Waals surface area contributed by atoms with Crippen LogP contribution < -0.4 is 20.3 Å². The number of aromatic nitrogens is 2. The molecule has 2 amide bonds. The lowest BCUT2D eigenvalue weighted by atomic mass is 10.2. The molecule has 0 spiro atoms. The monoisotopic (exact) mass is 429 g/mol. The molecule has 0 saturated carbocycles. The van der Waals surface area contributed by atoms with Crippen molar-refractivity contribution in [1.82, 2.24) is 9.97 Å². The SMILES string of the molecule is COCCOc1cc(N(C)C(=O)OC(C)(C)C)cc(N2C(=O)Cc3c(N)ncnc32)c1. The summed E-state index contributed by atoms with van der Waals surface area (Å²) in [7, 11) is 3.16. The minimum absolute atomic E-state index is 0.0913. The number of nitrogen functional groups attached to an aromatic ring is 1. The van der Waals surface area contributed by atoms with E-state index in [-0.39, 0.29) is 18.1 Å². The fraction of sp³-hybridized carbons (Fsp3) is 0.429. The van der Waals surface area contributed by atoms with Crippen molar-refractivity contribution in [2.75, 3.05) is 42.9 Å². The molecule has 0 radical (unpaired) electrons. The van der Waals surface area contributed by atoms with Gasteiger partial charge in [-0.15, -0.1) is 0 Å². The van der Waals surface area contributed by atoms with Crippen LogP contribution in [0.15, 0.2) is 24.5 Å². The first kappa shape index (κ1) is 22.3. The summed E-state index contributed by atoms with van der Waals surface area (Å²) in [5.74, 6) is 0.933. The number of hydrogen-bond donors (Lipinski definition) is 1. The van der Waals surface area contributed by atoms with Crippen LogP contribution in [0.4, 0.5) is 27.8 Å². The summed E-state index contributed by atoms with van der Waals surface area (Å²) in [6.45, 7) is 6.06. The number of benzene rings is 1. The lowest BCUT2D eigenvalue weighted by Gasteiger charge is -2.26. The third-order valence-electron chi connectivity index (χ3n) is 4.49. The van der Waals surface area contributed by atoms with E-state index in [1.807, 2.05) is 0 Å². The second-order valence-electron chi connectivity index (χ2n) is 8.03. The molecule has 1 aliphatic rings. The standard InChI is InChI=1S/C21H27N5O5/c1-21(2,3)31-20(28)25(4)13-8-14(10-15(9-13)30-7-6-29-5)26-17(27)11-16-18(22)23-12-24-19(16)26/h8-10,12H,6-7,11H2,1-5H3,(H2,22,23,24). The average molecular weight is 429 g/mol. The number of nitrogens with zero attached hydrogens (tertiary/aromatic N) is 4. The molecule has 2 aromatic rings. The molecular formula is C21H27N5O5. The number of carbonyl (C=O) groups is 2. The maximum atomic E-state index is 12.8. The molecule has 1 aromatic carbocycles. The summed E-state index contributed by atoms with van der Waals surface area (Å²) in [6, 6.07) is 5.09. The number of hydrogen-bond acceptors (Lipinski definition) is 8. The maximum absolute atomic E-state index is 12.8. The van der Waals surface area contributed by atoms with Gasteiger partial charge in [-0.2, -0.15) is 0 Å². The smallest absolute Gasteiger partial charge is 0.414 e. The Morgan fingerprint density at radius 2 is 1.97 bits per heavy atom. The van der Waals surface area contributed by atoms with Crippen LogP contribution in [0.1, 0.15) is 26.3 Å². The van der Waals surface area contributed by atoms with Crippen LogP contribution in [0.2, 0.25) is 0 Å². The van der Waals surface area contributed by atoms with Crippen molar-refractivity contribution in [3.63, 3.8) is 0 Å². The molecule has 1 aliphatic heterocycles. The second-order valence-corrected chi connectivity index (χ2v) is 8.03. The Balaban J connectivity index is 2.01. The van der Waals surface area contributed by atoms with E-state index >= 15 is 0 Å². The predicted octanol–water partition coefficient (Wildman–Crippen LogP) is 2.68. The van der Waals surface area contributed by atoms with E-state index in [0.29, 0.717) is 41.7 Å². The number of nitrogens with two attached hydrogens (primary N) is 1. The first-order valence-electron chi connectivity index (χ1n) is 9.76. The van der Waals surface area contributed by atoms with Crippen LogP contribution in [0, 0.1) is 0 Å². The Kier molecular flexibility index (Phi) is 6.30. The van der Waals surface area contributed by atoms with Gasteiger partial charge in [-0.3, -0.25) is 14.6 Å². The molecule has 0 bridgehead atoms. The van der Waals surface area contributed by atoms with Crippen molar-refractivity contribution < 1.29 is 23.8 Å². The Morgan fingerprint density at radius 1 is 1.23 bits per heavy atom.